The smallest absolute Gasteiger partial charge is 0.223 e. The number of likely N-dealkylation sites (tertiary alicyclic amines) is 1. The SMILES string of the molecule is NCCN(CCN)CCN1CC(CN)CC1=O. The van der Waals surface area contributed by atoms with E-state index in [1.165, 1.54) is 0 Å². The first-order valence-electron chi connectivity index (χ1n) is 6.31. The first-order chi connectivity index (χ1) is 8.21. The van der Waals surface area contributed by atoms with Gasteiger partial charge in [0.2, 0.25) is 5.91 Å². The van der Waals surface area contributed by atoms with E-state index in [0.717, 1.165) is 32.7 Å². The normalized spacial score (nSPS) is 20.6. The molecular formula is C11H25N5O. The minimum Gasteiger partial charge on any atom is -0.341 e. The van der Waals surface area contributed by atoms with Crippen LogP contribution in [0.5, 0.6) is 0 Å². The van der Waals surface area contributed by atoms with Crippen molar-refractivity contribution in [3.63, 3.8) is 0 Å². The molecule has 0 aromatic carbocycles. The number of rotatable bonds is 8. The number of hydrogen-bond acceptors (Lipinski definition) is 5. The summed E-state index contributed by atoms with van der Waals surface area (Å²) in [5.41, 5.74) is 16.7. The topological polar surface area (TPSA) is 102 Å². The van der Waals surface area contributed by atoms with Crippen LogP contribution in [0.25, 0.3) is 0 Å². The van der Waals surface area contributed by atoms with Crippen molar-refractivity contribution in [2.75, 3.05) is 52.4 Å². The lowest BCUT2D eigenvalue weighted by atomic mass is 10.1. The molecule has 0 aromatic heterocycles. The highest BCUT2D eigenvalue weighted by molar-refractivity contribution is 5.78. The van der Waals surface area contributed by atoms with Crippen LogP contribution in [0, 0.1) is 5.92 Å². The average Bonchev–Trinajstić information content (AvgIpc) is 2.68. The summed E-state index contributed by atoms with van der Waals surface area (Å²) in [6.07, 6.45) is 0.601. The lowest BCUT2D eigenvalue weighted by Crippen LogP contribution is -2.40. The fourth-order valence-electron chi connectivity index (χ4n) is 2.19. The molecule has 100 valence electrons. The maximum atomic E-state index is 11.7. The van der Waals surface area contributed by atoms with Gasteiger partial charge in [-0.3, -0.25) is 9.69 Å². The zero-order valence-corrected chi connectivity index (χ0v) is 10.5. The predicted molar refractivity (Wildman–Crippen MR) is 68.3 cm³/mol. The van der Waals surface area contributed by atoms with Crippen LogP contribution in [0.4, 0.5) is 0 Å². The quantitative estimate of drug-likeness (QED) is 0.458. The van der Waals surface area contributed by atoms with Gasteiger partial charge in [-0.2, -0.15) is 0 Å². The van der Waals surface area contributed by atoms with Crippen LogP contribution in [-0.4, -0.2) is 68.1 Å². The van der Waals surface area contributed by atoms with Gasteiger partial charge < -0.3 is 22.1 Å². The zero-order valence-electron chi connectivity index (χ0n) is 10.5. The molecule has 1 rings (SSSR count). The van der Waals surface area contributed by atoms with E-state index in [0.29, 0.717) is 32.0 Å². The largest absolute Gasteiger partial charge is 0.341 e. The molecule has 17 heavy (non-hydrogen) atoms. The highest BCUT2D eigenvalue weighted by atomic mass is 16.2. The fraction of sp³-hybridized carbons (Fsp3) is 0.909. The highest BCUT2D eigenvalue weighted by Crippen LogP contribution is 2.15. The molecule has 6 heteroatoms. The number of amides is 1. The van der Waals surface area contributed by atoms with Crippen molar-refractivity contribution in [1.82, 2.24) is 9.80 Å². The molecule has 0 aliphatic carbocycles. The molecule has 1 atom stereocenters. The van der Waals surface area contributed by atoms with E-state index >= 15 is 0 Å². The Kier molecular flexibility index (Phi) is 6.43. The Hall–Kier alpha value is -0.690. The van der Waals surface area contributed by atoms with E-state index in [4.69, 9.17) is 17.2 Å². The summed E-state index contributed by atoms with van der Waals surface area (Å²) >= 11 is 0. The minimum absolute atomic E-state index is 0.223. The van der Waals surface area contributed by atoms with Crippen molar-refractivity contribution in [3.05, 3.63) is 0 Å². The Labute approximate surface area is 103 Å². The lowest BCUT2D eigenvalue weighted by molar-refractivity contribution is -0.127. The second kappa shape index (κ2) is 7.60. The van der Waals surface area contributed by atoms with Gasteiger partial charge in [-0.1, -0.05) is 0 Å². The van der Waals surface area contributed by atoms with Crippen LogP contribution in [-0.2, 0) is 4.79 Å². The number of carbonyl (C=O) groups is 1. The van der Waals surface area contributed by atoms with Crippen LogP contribution in [0.15, 0.2) is 0 Å². The van der Waals surface area contributed by atoms with E-state index in [1.807, 2.05) is 4.90 Å². The van der Waals surface area contributed by atoms with Gasteiger partial charge in [0.1, 0.15) is 0 Å². The Morgan fingerprint density at radius 2 is 1.82 bits per heavy atom. The van der Waals surface area contributed by atoms with Crippen molar-refractivity contribution >= 4 is 5.91 Å². The molecule has 1 aliphatic heterocycles. The monoisotopic (exact) mass is 243 g/mol. The number of nitrogens with two attached hydrogens (primary N) is 3. The van der Waals surface area contributed by atoms with E-state index in [1.54, 1.807) is 0 Å². The third kappa shape index (κ3) is 4.59. The van der Waals surface area contributed by atoms with Gasteiger partial charge in [-0.15, -0.1) is 0 Å². The molecule has 6 nitrogen and oxygen atoms in total. The van der Waals surface area contributed by atoms with Crippen LogP contribution < -0.4 is 17.2 Å². The first-order valence-corrected chi connectivity index (χ1v) is 6.31. The summed E-state index contributed by atoms with van der Waals surface area (Å²) in [4.78, 5) is 15.8. The van der Waals surface area contributed by atoms with Crippen molar-refractivity contribution in [3.8, 4) is 0 Å². The maximum Gasteiger partial charge on any atom is 0.223 e. The second-order valence-electron chi connectivity index (χ2n) is 4.56. The Morgan fingerprint density at radius 1 is 1.18 bits per heavy atom. The minimum atomic E-state index is 0.223. The molecule has 1 aliphatic rings. The standard InChI is InChI=1S/C11H25N5O/c12-1-3-15(4-2-13)5-6-16-9-10(8-14)7-11(16)17/h10H,1-9,12-14H2. The van der Waals surface area contributed by atoms with Crippen LogP contribution in [0.2, 0.25) is 0 Å². The van der Waals surface area contributed by atoms with Gasteiger partial charge in [0, 0.05) is 52.2 Å². The molecule has 0 aromatic rings. The molecule has 0 bridgehead atoms. The van der Waals surface area contributed by atoms with E-state index in [9.17, 15) is 4.79 Å². The average molecular weight is 243 g/mol. The molecular weight excluding hydrogens is 218 g/mol. The highest BCUT2D eigenvalue weighted by Gasteiger charge is 2.28. The lowest BCUT2D eigenvalue weighted by Gasteiger charge is -2.24. The van der Waals surface area contributed by atoms with Gasteiger partial charge in [-0.25, -0.2) is 0 Å². The second-order valence-corrected chi connectivity index (χ2v) is 4.56. The number of hydrogen-bond donors (Lipinski definition) is 3. The van der Waals surface area contributed by atoms with Gasteiger partial charge in [0.15, 0.2) is 0 Å². The fourth-order valence-corrected chi connectivity index (χ4v) is 2.19. The molecule has 1 unspecified atom stereocenters. The van der Waals surface area contributed by atoms with Crippen molar-refractivity contribution < 1.29 is 4.79 Å². The summed E-state index contributed by atoms with van der Waals surface area (Å²) in [6, 6.07) is 0. The summed E-state index contributed by atoms with van der Waals surface area (Å²) in [5.74, 6) is 0.556. The van der Waals surface area contributed by atoms with Crippen molar-refractivity contribution in [1.29, 1.82) is 0 Å². The molecule has 0 saturated carbocycles. The van der Waals surface area contributed by atoms with Gasteiger partial charge >= 0.3 is 0 Å². The molecule has 1 amide bonds. The van der Waals surface area contributed by atoms with Gasteiger partial charge in [0.25, 0.3) is 0 Å². The van der Waals surface area contributed by atoms with Crippen LogP contribution in [0.1, 0.15) is 6.42 Å². The Morgan fingerprint density at radius 3 is 2.29 bits per heavy atom. The molecule has 0 radical (unpaired) electrons. The predicted octanol–water partition coefficient (Wildman–Crippen LogP) is -1.99. The van der Waals surface area contributed by atoms with Gasteiger partial charge in [0.05, 0.1) is 0 Å². The molecule has 1 saturated heterocycles. The zero-order chi connectivity index (χ0) is 12.7. The third-order valence-electron chi connectivity index (χ3n) is 3.20. The summed E-state index contributed by atoms with van der Waals surface area (Å²) in [7, 11) is 0. The van der Waals surface area contributed by atoms with Crippen LogP contribution in [0.3, 0.4) is 0 Å². The maximum absolute atomic E-state index is 11.7. The summed E-state index contributed by atoms with van der Waals surface area (Å²) in [6.45, 7) is 5.91. The van der Waals surface area contributed by atoms with E-state index in [-0.39, 0.29) is 5.91 Å². The summed E-state index contributed by atoms with van der Waals surface area (Å²) < 4.78 is 0. The van der Waals surface area contributed by atoms with Crippen LogP contribution >= 0.6 is 0 Å². The first kappa shape index (κ1) is 14.4. The van der Waals surface area contributed by atoms with E-state index < -0.39 is 0 Å². The van der Waals surface area contributed by atoms with Crippen molar-refractivity contribution in [2.24, 2.45) is 23.1 Å². The molecule has 6 N–H and O–H groups in total. The van der Waals surface area contributed by atoms with Gasteiger partial charge in [-0.05, 0) is 12.5 Å². The Balaban J connectivity index is 2.30. The Bertz CT molecular complexity index is 230. The van der Waals surface area contributed by atoms with E-state index in [2.05, 4.69) is 4.90 Å². The molecule has 1 heterocycles. The number of carbonyl (C=O) groups excluding carboxylic acids is 1. The summed E-state index contributed by atoms with van der Waals surface area (Å²) in [5, 5.41) is 0. The van der Waals surface area contributed by atoms with Crippen molar-refractivity contribution in [2.45, 2.75) is 6.42 Å². The molecule has 0 spiro atoms. The number of nitrogens with zero attached hydrogens (tertiary/aromatic N) is 2. The molecule has 1 fully saturated rings. The third-order valence-corrected chi connectivity index (χ3v) is 3.20.